The number of rotatable bonds is 6. The van der Waals surface area contributed by atoms with Gasteiger partial charge < -0.3 is 19.7 Å². The van der Waals surface area contributed by atoms with Crippen LogP contribution in [0.5, 0.6) is 11.5 Å². The normalized spacial score (nSPS) is 16.5. The number of nitrogens with one attached hydrogen (secondary N) is 1. The molecule has 0 radical (unpaired) electrons. The van der Waals surface area contributed by atoms with Crippen molar-refractivity contribution in [2.75, 3.05) is 32.2 Å². The van der Waals surface area contributed by atoms with Crippen LogP contribution in [0.3, 0.4) is 0 Å². The van der Waals surface area contributed by atoms with E-state index in [1.54, 1.807) is 23.1 Å². The van der Waals surface area contributed by atoms with Gasteiger partial charge in [-0.25, -0.2) is 0 Å². The van der Waals surface area contributed by atoms with Crippen molar-refractivity contribution in [3.63, 3.8) is 0 Å². The molecule has 0 bridgehead atoms. The van der Waals surface area contributed by atoms with Crippen molar-refractivity contribution in [1.82, 2.24) is 5.32 Å². The molecule has 1 fully saturated rings. The maximum Gasteiger partial charge on any atom is 0.258 e. The van der Waals surface area contributed by atoms with E-state index in [4.69, 9.17) is 9.47 Å². The lowest BCUT2D eigenvalue weighted by molar-refractivity contribution is -0.117. The molecule has 26 heavy (non-hydrogen) atoms. The Morgan fingerprint density at radius 3 is 2.35 bits per heavy atom. The van der Waals surface area contributed by atoms with Crippen LogP contribution in [0.1, 0.15) is 16.8 Å². The molecule has 2 aromatic rings. The summed E-state index contributed by atoms with van der Waals surface area (Å²) in [5.74, 6) is 0.771. The van der Waals surface area contributed by atoms with Crippen molar-refractivity contribution in [3.05, 3.63) is 54.1 Å². The molecule has 1 aliphatic rings. The fourth-order valence-corrected chi connectivity index (χ4v) is 3.18. The van der Waals surface area contributed by atoms with Gasteiger partial charge in [0.2, 0.25) is 5.91 Å². The number of carbonyl (C=O) groups is 2. The SMILES string of the molecule is COc1cccc(OC)c1C(=O)NCC1CC(=O)N(c2ccccc2)C1. The first-order valence-electron chi connectivity index (χ1n) is 8.48. The average molecular weight is 354 g/mol. The summed E-state index contributed by atoms with van der Waals surface area (Å²) >= 11 is 0. The number of amides is 2. The first-order chi connectivity index (χ1) is 12.6. The molecule has 1 heterocycles. The van der Waals surface area contributed by atoms with E-state index in [9.17, 15) is 9.59 Å². The molecule has 0 aliphatic carbocycles. The van der Waals surface area contributed by atoms with Gasteiger partial charge in [-0.05, 0) is 24.3 Å². The van der Waals surface area contributed by atoms with Crippen LogP contribution in [0.4, 0.5) is 5.69 Å². The highest BCUT2D eigenvalue weighted by Crippen LogP contribution is 2.28. The number of para-hydroxylation sites is 1. The third-order valence-corrected chi connectivity index (χ3v) is 4.48. The first-order valence-corrected chi connectivity index (χ1v) is 8.48. The van der Waals surface area contributed by atoms with Gasteiger partial charge in [-0.2, -0.15) is 0 Å². The molecule has 6 nitrogen and oxygen atoms in total. The number of methoxy groups -OCH3 is 2. The summed E-state index contributed by atoms with van der Waals surface area (Å²) in [5.41, 5.74) is 1.25. The van der Waals surface area contributed by atoms with Gasteiger partial charge in [0.05, 0.1) is 14.2 Å². The largest absolute Gasteiger partial charge is 0.496 e. The minimum Gasteiger partial charge on any atom is -0.496 e. The number of benzene rings is 2. The standard InChI is InChI=1S/C20H22N2O4/c1-25-16-9-6-10-17(26-2)19(16)20(24)21-12-14-11-18(23)22(13-14)15-7-4-3-5-8-15/h3-10,14H,11-13H2,1-2H3,(H,21,24). The van der Waals surface area contributed by atoms with E-state index in [0.29, 0.717) is 36.6 Å². The van der Waals surface area contributed by atoms with Crippen molar-refractivity contribution in [2.45, 2.75) is 6.42 Å². The Bertz CT molecular complexity index is 769. The zero-order chi connectivity index (χ0) is 18.5. The maximum absolute atomic E-state index is 12.6. The molecular formula is C20H22N2O4. The molecular weight excluding hydrogens is 332 g/mol. The lowest BCUT2D eigenvalue weighted by atomic mass is 10.1. The van der Waals surface area contributed by atoms with Gasteiger partial charge in [0.25, 0.3) is 5.91 Å². The fraction of sp³-hybridized carbons (Fsp3) is 0.300. The molecule has 0 aromatic heterocycles. The minimum absolute atomic E-state index is 0.0624. The van der Waals surface area contributed by atoms with E-state index >= 15 is 0 Å². The Morgan fingerprint density at radius 1 is 1.08 bits per heavy atom. The third kappa shape index (κ3) is 3.64. The molecule has 1 aliphatic heterocycles. The second kappa shape index (κ2) is 7.91. The van der Waals surface area contributed by atoms with Crippen LogP contribution in [-0.4, -0.2) is 39.1 Å². The van der Waals surface area contributed by atoms with Crippen LogP contribution >= 0.6 is 0 Å². The number of carbonyl (C=O) groups excluding carboxylic acids is 2. The topological polar surface area (TPSA) is 67.9 Å². The molecule has 1 atom stereocenters. The Kier molecular flexibility index (Phi) is 5.41. The van der Waals surface area contributed by atoms with Gasteiger partial charge >= 0.3 is 0 Å². The fourth-order valence-electron chi connectivity index (χ4n) is 3.18. The monoisotopic (exact) mass is 354 g/mol. The number of hydrogen-bond acceptors (Lipinski definition) is 4. The van der Waals surface area contributed by atoms with Crippen LogP contribution in [0.25, 0.3) is 0 Å². The van der Waals surface area contributed by atoms with Gasteiger partial charge in [0.1, 0.15) is 17.1 Å². The lowest BCUT2D eigenvalue weighted by Crippen LogP contribution is -2.31. The van der Waals surface area contributed by atoms with Crippen molar-refractivity contribution < 1.29 is 19.1 Å². The molecule has 3 rings (SSSR count). The van der Waals surface area contributed by atoms with E-state index < -0.39 is 0 Å². The predicted molar refractivity (Wildman–Crippen MR) is 98.8 cm³/mol. The average Bonchev–Trinajstić information content (AvgIpc) is 3.06. The highest BCUT2D eigenvalue weighted by molar-refractivity contribution is 6.00. The van der Waals surface area contributed by atoms with Crippen LogP contribution < -0.4 is 19.7 Å². The highest BCUT2D eigenvalue weighted by Gasteiger charge is 2.31. The summed E-state index contributed by atoms with van der Waals surface area (Å²) in [7, 11) is 3.03. The van der Waals surface area contributed by atoms with Gasteiger partial charge in [0.15, 0.2) is 0 Å². The van der Waals surface area contributed by atoms with Crippen LogP contribution in [0, 0.1) is 5.92 Å². The van der Waals surface area contributed by atoms with Gasteiger partial charge in [0, 0.05) is 31.1 Å². The summed E-state index contributed by atoms with van der Waals surface area (Å²) in [5, 5.41) is 2.91. The smallest absolute Gasteiger partial charge is 0.258 e. The summed E-state index contributed by atoms with van der Waals surface area (Å²) in [4.78, 5) is 26.7. The summed E-state index contributed by atoms with van der Waals surface area (Å²) in [6, 6.07) is 14.8. The molecule has 2 amide bonds. The highest BCUT2D eigenvalue weighted by atomic mass is 16.5. The van der Waals surface area contributed by atoms with Gasteiger partial charge in [-0.15, -0.1) is 0 Å². The van der Waals surface area contributed by atoms with Crippen molar-refractivity contribution in [1.29, 1.82) is 0 Å². The zero-order valence-electron chi connectivity index (χ0n) is 14.9. The maximum atomic E-state index is 12.6. The van der Waals surface area contributed by atoms with E-state index in [0.717, 1.165) is 5.69 Å². The van der Waals surface area contributed by atoms with E-state index in [1.807, 2.05) is 30.3 Å². The van der Waals surface area contributed by atoms with Crippen LogP contribution in [0.15, 0.2) is 48.5 Å². The van der Waals surface area contributed by atoms with E-state index in [1.165, 1.54) is 14.2 Å². The number of nitrogens with zero attached hydrogens (tertiary/aromatic N) is 1. The van der Waals surface area contributed by atoms with E-state index in [2.05, 4.69) is 5.32 Å². The van der Waals surface area contributed by atoms with Gasteiger partial charge in [-0.3, -0.25) is 9.59 Å². The Balaban J connectivity index is 1.65. The number of ether oxygens (including phenoxy) is 2. The van der Waals surface area contributed by atoms with Crippen molar-refractivity contribution >= 4 is 17.5 Å². The molecule has 1 unspecified atom stereocenters. The number of anilines is 1. The molecule has 0 saturated carbocycles. The molecule has 2 aromatic carbocycles. The van der Waals surface area contributed by atoms with Crippen molar-refractivity contribution in [2.24, 2.45) is 5.92 Å². The Hall–Kier alpha value is -3.02. The zero-order valence-corrected chi connectivity index (χ0v) is 14.9. The lowest BCUT2D eigenvalue weighted by Gasteiger charge is -2.17. The Labute approximate surface area is 152 Å². The molecule has 1 saturated heterocycles. The molecule has 6 heteroatoms. The second-order valence-electron chi connectivity index (χ2n) is 6.16. The van der Waals surface area contributed by atoms with Crippen molar-refractivity contribution in [3.8, 4) is 11.5 Å². The molecule has 1 N–H and O–H groups in total. The Morgan fingerprint density at radius 2 is 1.73 bits per heavy atom. The molecule has 0 spiro atoms. The quantitative estimate of drug-likeness (QED) is 0.865. The third-order valence-electron chi connectivity index (χ3n) is 4.48. The van der Waals surface area contributed by atoms with Gasteiger partial charge in [-0.1, -0.05) is 24.3 Å². The molecule has 136 valence electrons. The second-order valence-corrected chi connectivity index (χ2v) is 6.16. The summed E-state index contributed by atoms with van der Waals surface area (Å²) in [6.45, 7) is 1.00. The first kappa shape index (κ1) is 17.8. The predicted octanol–water partition coefficient (Wildman–Crippen LogP) is 2.49. The van der Waals surface area contributed by atoms with Crippen LogP contribution in [0.2, 0.25) is 0 Å². The number of hydrogen-bond donors (Lipinski definition) is 1. The van der Waals surface area contributed by atoms with E-state index in [-0.39, 0.29) is 17.7 Å². The van der Waals surface area contributed by atoms with Crippen LogP contribution in [-0.2, 0) is 4.79 Å². The summed E-state index contributed by atoms with van der Waals surface area (Å²) < 4.78 is 10.5. The minimum atomic E-state index is -0.273. The summed E-state index contributed by atoms with van der Waals surface area (Å²) in [6.07, 6.45) is 0.415.